The molecule has 0 spiro atoms. The lowest BCUT2D eigenvalue weighted by atomic mass is 10.0. The van der Waals surface area contributed by atoms with Crippen molar-refractivity contribution in [3.63, 3.8) is 0 Å². The minimum absolute atomic E-state index is 0.267. The molecular weight excluding hydrogens is 206 g/mol. The molecule has 4 nitrogen and oxygen atoms in total. The number of hydrogen-bond donors (Lipinski definition) is 2. The molecule has 0 fully saturated rings. The number of nitrogens with one attached hydrogen (secondary N) is 1. The van der Waals surface area contributed by atoms with Gasteiger partial charge in [0.05, 0.1) is 6.04 Å². The van der Waals surface area contributed by atoms with E-state index in [0.29, 0.717) is 5.76 Å². The monoisotopic (exact) mass is 219 g/mol. The number of carbonyl (C=O) groups is 1. The molecule has 1 aliphatic rings. The minimum Gasteiger partial charge on any atom is -0.478 e. The Morgan fingerprint density at radius 2 is 2.00 bits per heavy atom. The fourth-order valence-corrected chi connectivity index (χ4v) is 1.66. The van der Waals surface area contributed by atoms with Crippen LogP contribution >= 0.6 is 0 Å². The molecule has 1 heterocycles. The summed E-state index contributed by atoms with van der Waals surface area (Å²) in [6.45, 7) is 3.73. The van der Waals surface area contributed by atoms with Crippen LogP contribution < -0.4 is 5.48 Å². The predicted molar refractivity (Wildman–Crippen MR) is 59.4 cm³/mol. The van der Waals surface area contributed by atoms with Gasteiger partial charge in [0.2, 0.25) is 0 Å². The number of hydroxylamine groups is 1. The first-order chi connectivity index (χ1) is 7.59. The lowest BCUT2D eigenvalue weighted by molar-refractivity contribution is -0.132. The predicted octanol–water partition coefficient (Wildman–Crippen LogP) is 1.71. The molecule has 1 aliphatic heterocycles. The molecule has 1 aromatic rings. The molecular formula is C12H13NO3. The van der Waals surface area contributed by atoms with Crippen LogP contribution in [0.5, 0.6) is 0 Å². The largest absolute Gasteiger partial charge is 0.478 e. The maximum absolute atomic E-state index is 11.1. The van der Waals surface area contributed by atoms with E-state index in [-0.39, 0.29) is 11.6 Å². The van der Waals surface area contributed by atoms with Crippen LogP contribution in [0.1, 0.15) is 18.1 Å². The van der Waals surface area contributed by atoms with Gasteiger partial charge >= 0.3 is 5.97 Å². The Kier molecular flexibility index (Phi) is 2.66. The van der Waals surface area contributed by atoms with Crippen LogP contribution in [0.2, 0.25) is 0 Å². The second kappa shape index (κ2) is 3.98. The SMILES string of the molecule is Cc1ccc(C2=C(C(=O)O)C(C)NO2)cc1. The number of rotatable bonds is 2. The first-order valence-electron chi connectivity index (χ1n) is 5.06. The van der Waals surface area contributed by atoms with Gasteiger partial charge in [0.15, 0.2) is 5.76 Å². The molecule has 0 saturated carbocycles. The van der Waals surface area contributed by atoms with Crippen LogP contribution in [0.25, 0.3) is 5.76 Å². The average Bonchev–Trinajstić information content (AvgIpc) is 2.61. The zero-order chi connectivity index (χ0) is 11.7. The van der Waals surface area contributed by atoms with Crippen molar-refractivity contribution in [2.45, 2.75) is 19.9 Å². The third-order valence-corrected chi connectivity index (χ3v) is 2.56. The maximum Gasteiger partial charge on any atom is 0.337 e. The second-order valence-corrected chi connectivity index (χ2v) is 3.86. The summed E-state index contributed by atoms with van der Waals surface area (Å²) in [7, 11) is 0. The van der Waals surface area contributed by atoms with Crippen LogP contribution in [0.4, 0.5) is 0 Å². The fourth-order valence-electron chi connectivity index (χ4n) is 1.66. The Morgan fingerprint density at radius 3 is 2.56 bits per heavy atom. The topological polar surface area (TPSA) is 58.6 Å². The third kappa shape index (κ3) is 1.79. The normalized spacial score (nSPS) is 19.8. The summed E-state index contributed by atoms with van der Waals surface area (Å²) in [5, 5.41) is 9.09. The van der Waals surface area contributed by atoms with Crippen LogP contribution in [-0.2, 0) is 9.63 Å². The molecule has 0 aliphatic carbocycles. The first kappa shape index (κ1) is 10.7. The van der Waals surface area contributed by atoms with Gasteiger partial charge in [0, 0.05) is 5.56 Å². The van der Waals surface area contributed by atoms with Gasteiger partial charge in [0.1, 0.15) is 5.57 Å². The van der Waals surface area contributed by atoms with E-state index in [2.05, 4.69) is 5.48 Å². The van der Waals surface area contributed by atoms with Gasteiger partial charge in [-0.3, -0.25) is 0 Å². The molecule has 84 valence electrons. The zero-order valence-corrected chi connectivity index (χ0v) is 9.15. The molecule has 0 amide bonds. The number of hydrogen-bond acceptors (Lipinski definition) is 3. The van der Waals surface area contributed by atoms with Crippen molar-refractivity contribution in [1.29, 1.82) is 0 Å². The third-order valence-electron chi connectivity index (χ3n) is 2.56. The van der Waals surface area contributed by atoms with Crippen LogP contribution in [0.3, 0.4) is 0 Å². The standard InChI is InChI=1S/C12H13NO3/c1-7-3-5-9(6-4-7)11-10(12(14)15)8(2)13-16-11/h3-6,8,13H,1-2H3,(H,14,15). The molecule has 1 aromatic carbocycles. The van der Waals surface area contributed by atoms with E-state index in [1.165, 1.54) is 0 Å². The van der Waals surface area contributed by atoms with Gasteiger partial charge in [0.25, 0.3) is 0 Å². The van der Waals surface area contributed by atoms with E-state index in [4.69, 9.17) is 9.94 Å². The highest BCUT2D eigenvalue weighted by Crippen LogP contribution is 2.27. The highest BCUT2D eigenvalue weighted by Gasteiger charge is 2.29. The Bertz CT molecular complexity index is 448. The average molecular weight is 219 g/mol. The molecule has 0 saturated heterocycles. The highest BCUT2D eigenvalue weighted by atomic mass is 16.7. The van der Waals surface area contributed by atoms with Gasteiger partial charge in [-0.2, -0.15) is 0 Å². The quantitative estimate of drug-likeness (QED) is 0.795. The van der Waals surface area contributed by atoms with E-state index < -0.39 is 5.97 Å². The van der Waals surface area contributed by atoms with Crippen molar-refractivity contribution < 1.29 is 14.7 Å². The molecule has 0 aromatic heterocycles. The molecule has 2 N–H and O–H groups in total. The Morgan fingerprint density at radius 1 is 1.38 bits per heavy atom. The van der Waals surface area contributed by atoms with E-state index >= 15 is 0 Å². The van der Waals surface area contributed by atoms with Gasteiger partial charge in [-0.1, -0.05) is 29.8 Å². The second-order valence-electron chi connectivity index (χ2n) is 3.86. The zero-order valence-electron chi connectivity index (χ0n) is 9.15. The molecule has 1 unspecified atom stereocenters. The highest BCUT2D eigenvalue weighted by molar-refractivity contribution is 5.96. The van der Waals surface area contributed by atoms with Gasteiger partial charge in [-0.25, -0.2) is 4.79 Å². The number of carboxylic acid groups (broad SMARTS) is 1. The summed E-state index contributed by atoms with van der Waals surface area (Å²) in [5.41, 5.74) is 4.83. The lowest BCUT2D eigenvalue weighted by Crippen LogP contribution is -2.22. The Hall–Kier alpha value is -1.81. The summed E-state index contributed by atoms with van der Waals surface area (Å²) >= 11 is 0. The summed E-state index contributed by atoms with van der Waals surface area (Å²) in [4.78, 5) is 16.3. The molecule has 0 radical (unpaired) electrons. The first-order valence-corrected chi connectivity index (χ1v) is 5.06. The number of carboxylic acids is 1. The Labute approximate surface area is 93.5 Å². The van der Waals surface area contributed by atoms with E-state index in [1.807, 2.05) is 31.2 Å². The molecule has 2 rings (SSSR count). The number of benzene rings is 1. The van der Waals surface area contributed by atoms with Crippen LogP contribution in [-0.4, -0.2) is 17.1 Å². The maximum atomic E-state index is 11.1. The van der Waals surface area contributed by atoms with Crippen LogP contribution in [0.15, 0.2) is 29.8 Å². The number of aliphatic carboxylic acids is 1. The Balaban J connectivity index is 2.46. The van der Waals surface area contributed by atoms with E-state index in [0.717, 1.165) is 11.1 Å². The fraction of sp³-hybridized carbons (Fsp3) is 0.250. The van der Waals surface area contributed by atoms with E-state index in [9.17, 15) is 4.79 Å². The molecule has 1 atom stereocenters. The van der Waals surface area contributed by atoms with Crippen molar-refractivity contribution in [3.8, 4) is 0 Å². The van der Waals surface area contributed by atoms with Crippen molar-refractivity contribution in [2.24, 2.45) is 0 Å². The van der Waals surface area contributed by atoms with Gasteiger partial charge in [-0.05, 0) is 13.8 Å². The lowest BCUT2D eigenvalue weighted by Gasteiger charge is -2.03. The number of aryl methyl sites for hydroxylation is 1. The summed E-state index contributed by atoms with van der Waals surface area (Å²) in [6.07, 6.45) is 0. The summed E-state index contributed by atoms with van der Waals surface area (Å²) in [6, 6.07) is 7.26. The van der Waals surface area contributed by atoms with Crippen molar-refractivity contribution >= 4 is 11.7 Å². The van der Waals surface area contributed by atoms with Crippen molar-refractivity contribution in [1.82, 2.24) is 5.48 Å². The van der Waals surface area contributed by atoms with E-state index in [1.54, 1.807) is 6.92 Å². The van der Waals surface area contributed by atoms with Crippen molar-refractivity contribution in [2.75, 3.05) is 0 Å². The molecule has 16 heavy (non-hydrogen) atoms. The van der Waals surface area contributed by atoms with Crippen molar-refractivity contribution in [3.05, 3.63) is 41.0 Å². The molecule has 0 bridgehead atoms. The minimum atomic E-state index is -0.951. The smallest absolute Gasteiger partial charge is 0.337 e. The summed E-state index contributed by atoms with van der Waals surface area (Å²) < 4.78 is 0. The molecule has 4 heteroatoms. The van der Waals surface area contributed by atoms with Gasteiger partial charge in [-0.15, -0.1) is 5.48 Å². The van der Waals surface area contributed by atoms with Gasteiger partial charge < -0.3 is 9.94 Å². The van der Waals surface area contributed by atoms with Crippen LogP contribution in [0, 0.1) is 6.92 Å². The summed E-state index contributed by atoms with van der Waals surface area (Å²) in [5.74, 6) is -0.548.